The fourth-order valence-corrected chi connectivity index (χ4v) is 7.02. The van der Waals surface area contributed by atoms with Crippen LogP contribution in [0, 0.1) is 6.92 Å². The SMILES string of the molecule is Cc1ccc(OS(=O)(=O)c2ccc3c(NC(=O)c4cc(NC(=O)c5cccc(Cl)c5)cc(C(=O)Nc5cccc6cc(O)ccc56)c4)cccc3c2)cc1. The number of aromatic hydroxyl groups is 1. The molecule has 0 aliphatic rings. The van der Waals surface area contributed by atoms with Crippen molar-refractivity contribution in [3.8, 4) is 11.5 Å². The van der Waals surface area contributed by atoms with E-state index in [-0.39, 0.29) is 38.8 Å². The Labute approximate surface area is 315 Å². The van der Waals surface area contributed by atoms with Crippen molar-refractivity contribution in [3.05, 3.63) is 167 Å². The second-order valence-corrected chi connectivity index (χ2v) is 14.4. The predicted molar refractivity (Wildman–Crippen MR) is 210 cm³/mol. The largest absolute Gasteiger partial charge is 0.508 e. The highest BCUT2D eigenvalue weighted by molar-refractivity contribution is 7.87. The van der Waals surface area contributed by atoms with Crippen LogP contribution in [-0.4, -0.2) is 31.2 Å². The lowest BCUT2D eigenvalue weighted by Crippen LogP contribution is -2.18. The van der Waals surface area contributed by atoms with Gasteiger partial charge in [-0.1, -0.05) is 65.7 Å². The summed E-state index contributed by atoms with van der Waals surface area (Å²) in [5.74, 6) is -1.42. The molecule has 0 atom stereocenters. The van der Waals surface area contributed by atoms with Gasteiger partial charge in [0, 0.05) is 49.5 Å². The molecule has 0 aromatic heterocycles. The summed E-state index contributed by atoms with van der Waals surface area (Å²) in [4.78, 5) is 40.8. The van der Waals surface area contributed by atoms with E-state index < -0.39 is 27.8 Å². The summed E-state index contributed by atoms with van der Waals surface area (Å²) in [7, 11) is -4.16. The number of amides is 3. The number of carbonyl (C=O) groups is 3. The molecule has 7 rings (SSSR count). The Morgan fingerprint density at radius 3 is 1.80 bits per heavy atom. The highest BCUT2D eigenvalue weighted by Crippen LogP contribution is 2.30. The molecule has 0 saturated heterocycles. The lowest BCUT2D eigenvalue weighted by molar-refractivity contribution is 0.101. The topological polar surface area (TPSA) is 151 Å². The Kier molecular flexibility index (Phi) is 9.75. The van der Waals surface area contributed by atoms with Gasteiger partial charge < -0.3 is 25.2 Å². The fourth-order valence-electron chi connectivity index (χ4n) is 5.86. The number of carbonyl (C=O) groups excluding carboxylic acids is 3. The number of hydrogen-bond acceptors (Lipinski definition) is 7. The Morgan fingerprint density at radius 1 is 0.593 bits per heavy atom. The van der Waals surface area contributed by atoms with Gasteiger partial charge in [0.2, 0.25) is 0 Å². The number of fused-ring (bicyclic) bond motifs is 2. The number of rotatable bonds is 9. The van der Waals surface area contributed by atoms with E-state index in [9.17, 15) is 27.9 Å². The lowest BCUT2D eigenvalue weighted by atomic mass is 10.0. The third kappa shape index (κ3) is 7.87. The van der Waals surface area contributed by atoms with Crippen LogP contribution in [0.3, 0.4) is 0 Å². The molecule has 0 radical (unpaired) electrons. The number of benzene rings is 7. The van der Waals surface area contributed by atoms with Gasteiger partial charge in [-0.2, -0.15) is 8.42 Å². The van der Waals surface area contributed by atoms with Gasteiger partial charge >= 0.3 is 10.1 Å². The quantitative estimate of drug-likeness (QED) is 0.107. The Morgan fingerprint density at radius 2 is 1.17 bits per heavy atom. The standard InChI is InChI=1S/C42H30ClN3O7S/c1-25-11-14-34(15-12-25)53-54(51,52)35-16-18-37-27(24-35)6-4-10-39(37)46-42(50)30-19-29(21-32(22-30)44-40(48)28-7-2-8-31(43)20-28)41(49)45-38-9-3-5-26-23-33(47)13-17-36(26)38/h2-24,47H,1H3,(H,44,48)(H,45,49)(H,46,50). The van der Waals surface area contributed by atoms with E-state index >= 15 is 0 Å². The van der Waals surface area contributed by atoms with E-state index in [2.05, 4.69) is 16.0 Å². The van der Waals surface area contributed by atoms with Crippen molar-refractivity contribution in [3.63, 3.8) is 0 Å². The summed E-state index contributed by atoms with van der Waals surface area (Å²) in [6, 6.07) is 36.7. The van der Waals surface area contributed by atoms with E-state index in [4.69, 9.17) is 15.8 Å². The van der Waals surface area contributed by atoms with Crippen molar-refractivity contribution < 1.29 is 32.1 Å². The maximum absolute atomic E-state index is 13.9. The molecule has 268 valence electrons. The summed E-state index contributed by atoms with van der Waals surface area (Å²) in [6.07, 6.45) is 0. The molecule has 7 aromatic carbocycles. The highest BCUT2D eigenvalue weighted by Gasteiger charge is 2.20. The predicted octanol–water partition coefficient (Wildman–Crippen LogP) is 9.19. The Balaban J connectivity index is 1.19. The van der Waals surface area contributed by atoms with Gasteiger partial charge in [-0.25, -0.2) is 0 Å². The van der Waals surface area contributed by atoms with E-state index in [1.54, 1.807) is 97.1 Å². The molecule has 10 nitrogen and oxygen atoms in total. The second-order valence-electron chi connectivity index (χ2n) is 12.4. The molecule has 0 fully saturated rings. The maximum atomic E-state index is 13.9. The number of anilines is 3. The number of nitrogens with one attached hydrogen (secondary N) is 3. The van der Waals surface area contributed by atoms with E-state index in [1.807, 2.05) is 6.92 Å². The molecule has 0 saturated carbocycles. The summed E-state index contributed by atoms with van der Waals surface area (Å²) >= 11 is 6.10. The first kappa shape index (κ1) is 35.7. The summed E-state index contributed by atoms with van der Waals surface area (Å²) in [6.45, 7) is 1.88. The highest BCUT2D eigenvalue weighted by atomic mass is 35.5. The zero-order chi connectivity index (χ0) is 38.0. The minimum absolute atomic E-state index is 0.0505. The summed E-state index contributed by atoms with van der Waals surface area (Å²) in [5.41, 5.74) is 2.36. The fraction of sp³-hybridized carbons (Fsp3) is 0.0238. The Hall–Kier alpha value is -6.69. The van der Waals surface area contributed by atoms with Gasteiger partial charge in [-0.3, -0.25) is 14.4 Å². The van der Waals surface area contributed by atoms with E-state index in [0.29, 0.717) is 37.9 Å². The third-order valence-electron chi connectivity index (χ3n) is 8.53. The van der Waals surface area contributed by atoms with Crippen molar-refractivity contribution in [2.24, 2.45) is 0 Å². The first-order valence-corrected chi connectivity index (χ1v) is 18.3. The first-order chi connectivity index (χ1) is 25.9. The van der Waals surface area contributed by atoms with Crippen LogP contribution in [0.25, 0.3) is 21.5 Å². The van der Waals surface area contributed by atoms with Gasteiger partial charge in [0.15, 0.2) is 0 Å². The van der Waals surface area contributed by atoms with Crippen LogP contribution < -0.4 is 20.1 Å². The second kappa shape index (κ2) is 14.7. The van der Waals surface area contributed by atoms with Gasteiger partial charge in [-0.05, 0) is 109 Å². The maximum Gasteiger partial charge on any atom is 0.339 e. The molecule has 0 unspecified atom stereocenters. The lowest BCUT2D eigenvalue weighted by Gasteiger charge is -2.14. The van der Waals surface area contributed by atoms with Crippen molar-refractivity contribution in [2.75, 3.05) is 16.0 Å². The molecule has 12 heteroatoms. The van der Waals surface area contributed by atoms with Crippen LogP contribution in [0.2, 0.25) is 5.02 Å². The first-order valence-electron chi connectivity index (χ1n) is 16.5. The van der Waals surface area contributed by atoms with Gasteiger partial charge in [0.05, 0.1) is 0 Å². The van der Waals surface area contributed by atoms with Crippen molar-refractivity contribution in [1.29, 1.82) is 0 Å². The smallest absolute Gasteiger partial charge is 0.339 e. The van der Waals surface area contributed by atoms with Crippen molar-refractivity contribution in [2.45, 2.75) is 11.8 Å². The number of aryl methyl sites for hydroxylation is 1. The molecule has 0 aliphatic carbocycles. The minimum Gasteiger partial charge on any atom is -0.508 e. The minimum atomic E-state index is -4.16. The number of phenolic OH excluding ortho intramolecular Hbond substituents is 1. The van der Waals surface area contributed by atoms with Gasteiger partial charge in [0.25, 0.3) is 17.7 Å². The third-order valence-corrected chi connectivity index (χ3v) is 10.0. The molecular formula is C42H30ClN3O7S. The average molecular weight is 756 g/mol. The number of halogens is 1. The van der Waals surface area contributed by atoms with E-state index in [1.165, 1.54) is 42.5 Å². The normalized spacial score (nSPS) is 11.2. The van der Waals surface area contributed by atoms with Crippen LogP contribution >= 0.6 is 11.6 Å². The molecule has 0 bridgehead atoms. The molecule has 54 heavy (non-hydrogen) atoms. The van der Waals surface area contributed by atoms with Gasteiger partial charge in [-0.15, -0.1) is 0 Å². The number of hydrogen-bond donors (Lipinski definition) is 4. The molecular weight excluding hydrogens is 726 g/mol. The average Bonchev–Trinajstić information content (AvgIpc) is 3.15. The molecule has 4 N–H and O–H groups in total. The van der Waals surface area contributed by atoms with Crippen LogP contribution in [0.5, 0.6) is 11.5 Å². The van der Waals surface area contributed by atoms with Crippen LogP contribution in [-0.2, 0) is 10.1 Å². The van der Waals surface area contributed by atoms with E-state index in [0.717, 1.165) is 5.56 Å². The summed E-state index contributed by atoms with van der Waals surface area (Å²) in [5, 5.41) is 21.2. The molecule has 0 heterocycles. The summed E-state index contributed by atoms with van der Waals surface area (Å²) < 4.78 is 31.5. The molecule has 7 aromatic rings. The van der Waals surface area contributed by atoms with Crippen LogP contribution in [0.1, 0.15) is 36.6 Å². The Bertz CT molecular complexity index is 2730. The van der Waals surface area contributed by atoms with Crippen LogP contribution in [0.4, 0.5) is 17.1 Å². The monoisotopic (exact) mass is 755 g/mol. The zero-order valence-electron chi connectivity index (χ0n) is 28.5. The molecule has 0 spiro atoms. The molecule has 0 aliphatic heterocycles. The zero-order valence-corrected chi connectivity index (χ0v) is 30.0. The van der Waals surface area contributed by atoms with Crippen molar-refractivity contribution in [1.82, 2.24) is 0 Å². The van der Waals surface area contributed by atoms with Crippen LogP contribution in [0.15, 0.2) is 144 Å². The molecule has 3 amide bonds. The van der Waals surface area contributed by atoms with Crippen molar-refractivity contribution >= 4 is 78.0 Å². The van der Waals surface area contributed by atoms with Gasteiger partial charge in [0.1, 0.15) is 16.4 Å². The number of phenols is 1.